The highest BCUT2D eigenvalue weighted by molar-refractivity contribution is 5.97. The second kappa shape index (κ2) is 3.51. The summed E-state index contributed by atoms with van der Waals surface area (Å²) < 4.78 is 12.7. The molecule has 1 aromatic carbocycles. The van der Waals surface area contributed by atoms with Crippen molar-refractivity contribution in [1.29, 1.82) is 0 Å². The van der Waals surface area contributed by atoms with Crippen LogP contribution in [0.1, 0.15) is 6.42 Å². The van der Waals surface area contributed by atoms with Crippen molar-refractivity contribution in [3.8, 4) is 5.75 Å². The molecule has 3 N–H and O–H groups in total. The van der Waals surface area contributed by atoms with Crippen molar-refractivity contribution < 1.29 is 14.3 Å². The number of carbonyl (C=O) groups excluding carboxylic acids is 1. The van der Waals surface area contributed by atoms with Crippen LogP contribution in [-0.4, -0.2) is 23.6 Å². The number of phenolic OH excluding ortho intramolecular Hbond substituents is 1. The van der Waals surface area contributed by atoms with Crippen molar-refractivity contribution in [1.82, 2.24) is 0 Å². The van der Waals surface area contributed by atoms with E-state index >= 15 is 0 Å². The van der Waals surface area contributed by atoms with Crippen LogP contribution in [0.2, 0.25) is 0 Å². The molecule has 2 rings (SSSR count). The van der Waals surface area contributed by atoms with Gasteiger partial charge in [0.25, 0.3) is 0 Å². The van der Waals surface area contributed by atoms with Crippen LogP contribution >= 0.6 is 0 Å². The van der Waals surface area contributed by atoms with Crippen molar-refractivity contribution in [3.05, 3.63) is 24.0 Å². The molecule has 1 amide bonds. The number of carbonyl (C=O) groups is 1. The molecule has 0 aliphatic carbocycles. The molecular formula is C10H11FN2O2. The number of halogens is 1. The lowest BCUT2D eigenvalue weighted by Gasteiger charge is -2.17. The molecule has 0 spiro atoms. The zero-order valence-corrected chi connectivity index (χ0v) is 7.98. The van der Waals surface area contributed by atoms with Crippen molar-refractivity contribution in [3.63, 3.8) is 0 Å². The minimum atomic E-state index is -0.535. The van der Waals surface area contributed by atoms with Gasteiger partial charge in [-0.3, -0.25) is 4.79 Å². The van der Waals surface area contributed by atoms with Crippen LogP contribution in [0, 0.1) is 5.82 Å². The minimum absolute atomic E-state index is 0.149. The van der Waals surface area contributed by atoms with Gasteiger partial charge in [0.05, 0.1) is 5.69 Å². The van der Waals surface area contributed by atoms with E-state index in [4.69, 9.17) is 5.73 Å². The normalized spacial score (nSPS) is 21.1. The second-order valence-corrected chi connectivity index (χ2v) is 3.60. The summed E-state index contributed by atoms with van der Waals surface area (Å²) >= 11 is 0. The van der Waals surface area contributed by atoms with Crippen molar-refractivity contribution in [2.75, 3.05) is 11.4 Å². The Morgan fingerprint density at radius 3 is 2.80 bits per heavy atom. The number of aromatic hydroxyl groups is 1. The largest absolute Gasteiger partial charge is 0.506 e. The molecule has 4 nitrogen and oxygen atoms in total. The first-order chi connectivity index (χ1) is 7.08. The van der Waals surface area contributed by atoms with Gasteiger partial charge in [-0.05, 0) is 12.1 Å². The molecule has 0 bridgehead atoms. The van der Waals surface area contributed by atoms with Crippen LogP contribution in [0.3, 0.4) is 0 Å². The Hall–Kier alpha value is -1.62. The van der Waals surface area contributed by atoms with Gasteiger partial charge >= 0.3 is 0 Å². The highest BCUT2D eigenvalue weighted by Gasteiger charge is 2.29. The molecule has 1 saturated heterocycles. The molecule has 1 fully saturated rings. The fraction of sp³-hybridized carbons (Fsp3) is 0.300. The number of hydrogen-bond acceptors (Lipinski definition) is 3. The van der Waals surface area contributed by atoms with Gasteiger partial charge in [-0.25, -0.2) is 4.39 Å². The van der Waals surface area contributed by atoms with Crippen molar-refractivity contribution in [2.45, 2.75) is 12.5 Å². The highest BCUT2D eigenvalue weighted by atomic mass is 19.1. The summed E-state index contributed by atoms with van der Waals surface area (Å²) in [5.74, 6) is -0.922. The van der Waals surface area contributed by atoms with Gasteiger partial charge in [-0.2, -0.15) is 0 Å². The summed E-state index contributed by atoms with van der Waals surface area (Å²) in [6.07, 6.45) is 0.261. The summed E-state index contributed by atoms with van der Waals surface area (Å²) in [7, 11) is 0. The van der Waals surface area contributed by atoms with Crippen molar-refractivity contribution in [2.24, 2.45) is 5.73 Å². The molecule has 0 radical (unpaired) electrons. The van der Waals surface area contributed by atoms with Crippen LogP contribution in [-0.2, 0) is 4.79 Å². The smallest absolute Gasteiger partial charge is 0.228 e. The predicted octanol–water partition coefficient (Wildman–Crippen LogP) is 0.595. The van der Waals surface area contributed by atoms with E-state index in [1.54, 1.807) is 0 Å². The zero-order chi connectivity index (χ0) is 11.0. The van der Waals surface area contributed by atoms with E-state index in [9.17, 15) is 14.3 Å². The average Bonchev–Trinajstić information content (AvgIpc) is 2.45. The number of rotatable bonds is 1. The lowest BCUT2D eigenvalue weighted by molar-refractivity contribution is -0.117. The highest BCUT2D eigenvalue weighted by Crippen LogP contribution is 2.30. The molecule has 5 heteroatoms. The van der Waals surface area contributed by atoms with Gasteiger partial charge in [-0.15, -0.1) is 0 Å². The summed E-state index contributed by atoms with van der Waals surface area (Å²) in [5.41, 5.74) is 5.93. The number of amides is 1. The molecule has 1 aliphatic rings. The summed E-state index contributed by atoms with van der Waals surface area (Å²) in [6.45, 7) is 0.359. The molecule has 1 heterocycles. The number of anilines is 1. The van der Waals surface area contributed by atoms with E-state index < -0.39 is 5.82 Å². The van der Waals surface area contributed by atoms with Crippen LogP contribution in [0.4, 0.5) is 10.1 Å². The third-order valence-corrected chi connectivity index (χ3v) is 2.38. The van der Waals surface area contributed by atoms with Gasteiger partial charge in [0, 0.05) is 25.1 Å². The molecule has 80 valence electrons. The Balaban J connectivity index is 2.34. The first-order valence-electron chi connectivity index (χ1n) is 4.62. The number of phenols is 1. The minimum Gasteiger partial charge on any atom is -0.506 e. The van der Waals surface area contributed by atoms with Gasteiger partial charge in [-0.1, -0.05) is 0 Å². The topological polar surface area (TPSA) is 66.6 Å². The summed E-state index contributed by atoms with van der Waals surface area (Å²) in [6, 6.07) is 3.33. The first-order valence-corrected chi connectivity index (χ1v) is 4.62. The van der Waals surface area contributed by atoms with Crippen LogP contribution in [0.15, 0.2) is 18.2 Å². The quantitative estimate of drug-likeness (QED) is 0.713. The molecule has 15 heavy (non-hydrogen) atoms. The van der Waals surface area contributed by atoms with Gasteiger partial charge in [0.15, 0.2) is 0 Å². The monoisotopic (exact) mass is 210 g/mol. The number of benzene rings is 1. The number of nitrogens with zero attached hydrogens (tertiary/aromatic N) is 1. The van der Waals surface area contributed by atoms with E-state index in [0.717, 1.165) is 6.07 Å². The number of nitrogens with two attached hydrogens (primary N) is 1. The van der Waals surface area contributed by atoms with E-state index in [1.807, 2.05) is 0 Å². The standard InChI is InChI=1S/C10H11FN2O2/c11-6-1-2-8(9(14)3-6)13-5-7(12)4-10(13)15/h1-3,7,14H,4-5,12H2. The van der Waals surface area contributed by atoms with Crippen LogP contribution < -0.4 is 10.6 Å². The maximum Gasteiger partial charge on any atom is 0.228 e. The van der Waals surface area contributed by atoms with E-state index in [0.29, 0.717) is 12.2 Å². The van der Waals surface area contributed by atoms with Gasteiger partial charge in [0.1, 0.15) is 11.6 Å². The maximum atomic E-state index is 12.7. The Morgan fingerprint density at radius 2 is 2.27 bits per heavy atom. The molecule has 0 aromatic heterocycles. The van der Waals surface area contributed by atoms with Crippen molar-refractivity contribution >= 4 is 11.6 Å². The van der Waals surface area contributed by atoms with E-state index in [1.165, 1.54) is 17.0 Å². The molecule has 1 atom stereocenters. The Bertz CT molecular complexity index is 408. The third-order valence-electron chi connectivity index (χ3n) is 2.38. The average molecular weight is 210 g/mol. The fourth-order valence-corrected chi connectivity index (χ4v) is 1.69. The van der Waals surface area contributed by atoms with Gasteiger partial charge < -0.3 is 15.7 Å². The SMILES string of the molecule is NC1CC(=O)N(c2ccc(F)cc2O)C1. The lowest BCUT2D eigenvalue weighted by Crippen LogP contribution is -2.27. The maximum absolute atomic E-state index is 12.7. The molecule has 1 aromatic rings. The Labute approximate surface area is 86.1 Å². The first kappa shape index (κ1) is 9.92. The lowest BCUT2D eigenvalue weighted by atomic mass is 10.2. The Kier molecular flexibility index (Phi) is 2.32. The third kappa shape index (κ3) is 1.78. The molecule has 1 unspecified atom stereocenters. The fourth-order valence-electron chi connectivity index (χ4n) is 1.69. The van der Waals surface area contributed by atoms with Crippen LogP contribution in [0.5, 0.6) is 5.75 Å². The van der Waals surface area contributed by atoms with Crippen LogP contribution in [0.25, 0.3) is 0 Å². The molecule has 1 aliphatic heterocycles. The number of hydrogen-bond donors (Lipinski definition) is 2. The Morgan fingerprint density at radius 1 is 1.53 bits per heavy atom. The summed E-state index contributed by atoms with van der Waals surface area (Å²) in [4.78, 5) is 12.8. The molecular weight excluding hydrogens is 199 g/mol. The second-order valence-electron chi connectivity index (χ2n) is 3.60. The van der Waals surface area contributed by atoms with E-state index in [-0.39, 0.29) is 24.1 Å². The summed E-state index contributed by atoms with van der Waals surface area (Å²) in [5, 5.41) is 9.48. The zero-order valence-electron chi connectivity index (χ0n) is 7.98. The molecule has 0 saturated carbocycles. The van der Waals surface area contributed by atoms with Gasteiger partial charge in [0.2, 0.25) is 5.91 Å². The van der Waals surface area contributed by atoms with E-state index in [2.05, 4.69) is 0 Å². The predicted molar refractivity (Wildman–Crippen MR) is 53.0 cm³/mol.